The maximum absolute atomic E-state index is 12.1. The Balaban J connectivity index is 1.40. The second-order valence-corrected chi connectivity index (χ2v) is 7.90. The molecule has 0 bridgehead atoms. The third kappa shape index (κ3) is 5.06. The molecule has 0 saturated carbocycles. The zero-order chi connectivity index (χ0) is 16.1. The Morgan fingerprint density at radius 2 is 2.26 bits per heavy atom. The number of likely N-dealkylation sites (tertiary alicyclic amines) is 1. The van der Waals surface area contributed by atoms with Crippen molar-refractivity contribution in [1.29, 1.82) is 0 Å². The molecule has 3 rings (SSSR count). The first kappa shape index (κ1) is 16.5. The van der Waals surface area contributed by atoms with Crippen LogP contribution in [0, 0.1) is 6.92 Å². The van der Waals surface area contributed by atoms with Crippen LogP contribution in [0.4, 0.5) is 0 Å². The van der Waals surface area contributed by atoms with Crippen LogP contribution in [0.1, 0.15) is 17.7 Å². The highest BCUT2D eigenvalue weighted by molar-refractivity contribution is 8.01. The Labute approximate surface area is 145 Å². The molecule has 4 nitrogen and oxygen atoms in total. The molecule has 2 aromatic rings. The lowest BCUT2D eigenvalue weighted by Gasteiger charge is -2.16. The van der Waals surface area contributed by atoms with E-state index in [1.807, 2.05) is 18.4 Å². The van der Waals surface area contributed by atoms with Gasteiger partial charge in [-0.15, -0.1) is 11.3 Å². The van der Waals surface area contributed by atoms with E-state index in [4.69, 9.17) is 0 Å². The van der Waals surface area contributed by atoms with Crippen molar-refractivity contribution in [1.82, 2.24) is 15.2 Å². The lowest BCUT2D eigenvalue weighted by Crippen LogP contribution is -2.37. The van der Waals surface area contributed by atoms with Gasteiger partial charge in [-0.2, -0.15) is 0 Å². The minimum absolute atomic E-state index is 0.106. The van der Waals surface area contributed by atoms with Gasteiger partial charge in [0.1, 0.15) is 0 Å². The second kappa shape index (κ2) is 7.95. The molecule has 1 aromatic heterocycles. The van der Waals surface area contributed by atoms with Crippen LogP contribution in [0.15, 0.2) is 40.1 Å². The summed E-state index contributed by atoms with van der Waals surface area (Å²) in [5, 5.41) is 5.16. The standard InChI is InChI=1S/C17H21N3OS2/c1-13-11-22-17(18-13)23-12-16(21)19-15-7-8-20(10-15)9-14-5-3-2-4-6-14/h2-6,11,15H,7-10,12H2,1H3,(H,19,21). The van der Waals surface area contributed by atoms with Gasteiger partial charge in [-0.05, 0) is 18.9 Å². The number of aromatic nitrogens is 1. The summed E-state index contributed by atoms with van der Waals surface area (Å²) in [5.41, 5.74) is 2.35. The SMILES string of the molecule is Cc1csc(SCC(=O)NC2CCN(Cc3ccccc3)C2)n1. The number of amides is 1. The molecule has 1 unspecified atom stereocenters. The summed E-state index contributed by atoms with van der Waals surface area (Å²) < 4.78 is 0.967. The van der Waals surface area contributed by atoms with Gasteiger partial charge in [0.15, 0.2) is 4.34 Å². The lowest BCUT2D eigenvalue weighted by molar-refractivity contribution is -0.119. The molecule has 1 N–H and O–H groups in total. The zero-order valence-corrected chi connectivity index (χ0v) is 14.8. The molecule has 1 aliphatic heterocycles. The Bertz CT molecular complexity index is 644. The van der Waals surface area contributed by atoms with E-state index >= 15 is 0 Å². The van der Waals surface area contributed by atoms with Crippen molar-refractivity contribution >= 4 is 29.0 Å². The molecule has 1 aliphatic rings. The summed E-state index contributed by atoms with van der Waals surface area (Å²) >= 11 is 3.12. The zero-order valence-electron chi connectivity index (χ0n) is 13.2. The molecule has 6 heteroatoms. The Morgan fingerprint density at radius 1 is 1.43 bits per heavy atom. The molecular weight excluding hydrogens is 326 g/mol. The smallest absolute Gasteiger partial charge is 0.230 e. The average molecular weight is 348 g/mol. The van der Waals surface area contributed by atoms with E-state index in [1.54, 1.807) is 11.3 Å². The number of thiazole rings is 1. The summed E-state index contributed by atoms with van der Waals surface area (Å²) in [6.07, 6.45) is 1.03. The third-order valence-corrected chi connectivity index (χ3v) is 5.95. The van der Waals surface area contributed by atoms with Crippen LogP contribution in [-0.2, 0) is 11.3 Å². The molecule has 0 radical (unpaired) electrons. The van der Waals surface area contributed by atoms with E-state index in [0.717, 1.165) is 36.1 Å². The van der Waals surface area contributed by atoms with Crippen molar-refractivity contribution in [3.05, 3.63) is 47.0 Å². The number of carbonyl (C=O) groups is 1. The summed E-state index contributed by atoms with van der Waals surface area (Å²) in [6.45, 7) is 4.90. The summed E-state index contributed by atoms with van der Waals surface area (Å²) in [6, 6.07) is 10.8. The molecule has 1 saturated heterocycles. The lowest BCUT2D eigenvalue weighted by atomic mass is 10.2. The second-order valence-electron chi connectivity index (χ2n) is 5.82. The molecule has 1 amide bonds. The molecule has 2 heterocycles. The first-order valence-corrected chi connectivity index (χ1v) is 9.66. The van der Waals surface area contributed by atoms with Crippen LogP contribution in [0.25, 0.3) is 0 Å². The van der Waals surface area contributed by atoms with Crippen molar-refractivity contribution in [2.45, 2.75) is 30.3 Å². The van der Waals surface area contributed by atoms with Crippen LogP contribution in [0.3, 0.4) is 0 Å². The van der Waals surface area contributed by atoms with Crippen LogP contribution >= 0.6 is 23.1 Å². The third-order valence-electron chi connectivity index (χ3n) is 3.81. The fraction of sp³-hybridized carbons (Fsp3) is 0.412. The largest absolute Gasteiger partial charge is 0.351 e. The molecule has 1 fully saturated rings. The molecule has 122 valence electrons. The van der Waals surface area contributed by atoms with Gasteiger partial charge < -0.3 is 5.32 Å². The number of aryl methyl sites for hydroxylation is 1. The predicted molar refractivity (Wildman–Crippen MR) is 95.8 cm³/mol. The van der Waals surface area contributed by atoms with Gasteiger partial charge in [0.2, 0.25) is 5.91 Å². The van der Waals surface area contributed by atoms with Crippen molar-refractivity contribution in [2.24, 2.45) is 0 Å². The first-order valence-electron chi connectivity index (χ1n) is 7.79. The number of carbonyl (C=O) groups excluding carboxylic acids is 1. The molecule has 23 heavy (non-hydrogen) atoms. The van der Waals surface area contributed by atoms with E-state index in [2.05, 4.69) is 39.5 Å². The summed E-state index contributed by atoms with van der Waals surface area (Å²) in [5.74, 6) is 0.553. The predicted octanol–water partition coefficient (Wildman–Crippen LogP) is 2.93. The molecule has 0 aliphatic carbocycles. The monoisotopic (exact) mass is 347 g/mol. The maximum Gasteiger partial charge on any atom is 0.230 e. The number of hydrogen-bond donors (Lipinski definition) is 1. The topological polar surface area (TPSA) is 45.2 Å². The van der Waals surface area contributed by atoms with Gasteiger partial charge in [-0.3, -0.25) is 9.69 Å². The van der Waals surface area contributed by atoms with Gasteiger partial charge in [0, 0.05) is 36.8 Å². The summed E-state index contributed by atoms with van der Waals surface area (Å²) in [7, 11) is 0. The molecule has 0 spiro atoms. The highest BCUT2D eigenvalue weighted by atomic mass is 32.2. The van der Waals surface area contributed by atoms with Crippen molar-refractivity contribution in [3.8, 4) is 0 Å². The van der Waals surface area contributed by atoms with Crippen molar-refractivity contribution in [3.63, 3.8) is 0 Å². The van der Waals surface area contributed by atoms with Crippen LogP contribution in [0.5, 0.6) is 0 Å². The molecular formula is C17H21N3OS2. The number of nitrogens with zero attached hydrogens (tertiary/aromatic N) is 2. The Kier molecular flexibility index (Phi) is 5.70. The van der Waals surface area contributed by atoms with E-state index in [9.17, 15) is 4.79 Å². The molecule has 1 aromatic carbocycles. The number of nitrogens with one attached hydrogen (secondary N) is 1. The quantitative estimate of drug-likeness (QED) is 0.816. The number of thioether (sulfide) groups is 1. The number of hydrogen-bond acceptors (Lipinski definition) is 5. The van der Waals surface area contributed by atoms with Crippen molar-refractivity contribution < 1.29 is 4.79 Å². The highest BCUT2D eigenvalue weighted by Crippen LogP contribution is 2.22. The van der Waals surface area contributed by atoms with Gasteiger partial charge in [0.25, 0.3) is 0 Å². The van der Waals surface area contributed by atoms with Crippen LogP contribution in [-0.4, -0.2) is 40.7 Å². The highest BCUT2D eigenvalue weighted by Gasteiger charge is 2.23. The van der Waals surface area contributed by atoms with E-state index < -0.39 is 0 Å². The molecule has 1 atom stereocenters. The van der Waals surface area contributed by atoms with Gasteiger partial charge in [0.05, 0.1) is 5.75 Å². The van der Waals surface area contributed by atoms with Gasteiger partial charge in [-0.1, -0.05) is 42.1 Å². The minimum Gasteiger partial charge on any atom is -0.351 e. The fourth-order valence-electron chi connectivity index (χ4n) is 2.73. The fourth-order valence-corrected chi connectivity index (χ4v) is 4.39. The van der Waals surface area contributed by atoms with Gasteiger partial charge >= 0.3 is 0 Å². The Morgan fingerprint density at radius 3 is 3.00 bits per heavy atom. The number of rotatable bonds is 6. The maximum atomic E-state index is 12.1. The number of benzene rings is 1. The van der Waals surface area contributed by atoms with Crippen LogP contribution in [0.2, 0.25) is 0 Å². The minimum atomic E-state index is 0.106. The van der Waals surface area contributed by atoms with E-state index in [-0.39, 0.29) is 11.9 Å². The van der Waals surface area contributed by atoms with Gasteiger partial charge in [-0.25, -0.2) is 4.98 Å². The van der Waals surface area contributed by atoms with Crippen LogP contribution < -0.4 is 5.32 Å². The Hall–Kier alpha value is -1.37. The first-order chi connectivity index (χ1) is 11.2. The van der Waals surface area contributed by atoms with Crippen molar-refractivity contribution in [2.75, 3.05) is 18.8 Å². The van der Waals surface area contributed by atoms with E-state index in [0.29, 0.717) is 5.75 Å². The normalized spacial score (nSPS) is 18.2. The summed E-state index contributed by atoms with van der Waals surface area (Å²) in [4.78, 5) is 18.8. The van der Waals surface area contributed by atoms with E-state index in [1.165, 1.54) is 17.3 Å². The average Bonchev–Trinajstić information content (AvgIpc) is 3.15.